The van der Waals surface area contributed by atoms with Gasteiger partial charge in [0.1, 0.15) is 11.8 Å². The van der Waals surface area contributed by atoms with Crippen molar-refractivity contribution in [1.29, 1.82) is 0 Å². The van der Waals surface area contributed by atoms with Gasteiger partial charge in [-0.15, -0.1) is 0 Å². The standard InChI is InChI=1S/C22H23ClF3N3O3/c1-14-4-2-3-5-17(14)28-8-9-29(18(12-28)21(27)31)20(30)11-15-10-16(23)6-7-19(15)32-13-22(24,25)26/h2-7,10,18H,8-9,11-13H2,1H3,(H2,27,31). The lowest BCUT2D eigenvalue weighted by Crippen LogP contribution is -2.60. The molecule has 0 radical (unpaired) electrons. The Bertz CT molecular complexity index is 1000. The van der Waals surface area contributed by atoms with Crippen molar-refractivity contribution in [2.75, 3.05) is 31.1 Å². The van der Waals surface area contributed by atoms with Crippen LogP contribution in [0, 0.1) is 6.92 Å². The minimum atomic E-state index is -4.52. The molecule has 1 aliphatic heterocycles. The van der Waals surface area contributed by atoms with E-state index in [1.165, 1.54) is 23.1 Å². The third-order valence-electron chi connectivity index (χ3n) is 5.24. The third kappa shape index (κ3) is 5.85. The van der Waals surface area contributed by atoms with Gasteiger partial charge < -0.3 is 20.3 Å². The zero-order valence-corrected chi connectivity index (χ0v) is 18.1. The van der Waals surface area contributed by atoms with E-state index in [0.29, 0.717) is 6.54 Å². The molecule has 3 rings (SSSR count). The molecule has 10 heteroatoms. The molecule has 1 unspecified atom stereocenters. The summed E-state index contributed by atoms with van der Waals surface area (Å²) in [5.74, 6) is -1.19. The fourth-order valence-corrected chi connectivity index (χ4v) is 3.91. The third-order valence-corrected chi connectivity index (χ3v) is 5.48. The molecule has 0 spiro atoms. The number of hydrogen-bond donors (Lipinski definition) is 1. The summed E-state index contributed by atoms with van der Waals surface area (Å²) in [5.41, 5.74) is 7.77. The SMILES string of the molecule is Cc1ccccc1N1CCN(C(=O)Cc2cc(Cl)ccc2OCC(F)(F)F)C(C(N)=O)C1. The molecule has 0 bridgehead atoms. The number of nitrogens with zero attached hydrogens (tertiary/aromatic N) is 2. The van der Waals surface area contributed by atoms with Crippen LogP contribution in [0.4, 0.5) is 18.9 Å². The van der Waals surface area contributed by atoms with Crippen molar-refractivity contribution in [3.63, 3.8) is 0 Å². The number of nitrogens with two attached hydrogens (primary N) is 1. The summed E-state index contributed by atoms with van der Waals surface area (Å²) in [6, 6.07) is 10.9. The Hall–Kier alpha value is -2.94. The quantitative estimate of drug-likeness (QED) is 0.704. The zero-order chi connectivity index (χ0) is 23.5. The number of amides is 2. The van der Waals surface area contributed by atoms with Crippen LogP contribution >= 0.6 is 11.6 Å². The van der Waals surface area contributed by atoms with E-state index in [9.17, 15) is 22.8 Å². The Balaban J connectivity index is 1.77. The number of para-hydroxylation sites is 1. The van der Waals surface area contributed by atoms with Gasteiger partial charge >= 0.3 is 6.18 Å². The van der Waals surface area contributed by atoms with Crippen molar-refractivity contribution in [2.24, 2.45) is 5.73 Å². The second-order valence-electron chi connectivity index (χ2n) is 7.57. The fraction of sp³-hybridized carbons (Fsp3) is 0.364. The first kappa shape index (κ1) is 23.7. The molecule has 1 aliphatic rings. The molecule has 32 heavy (non-hydrogen) atoms. The van der Waals surface area contributed by atoms with Crippen molar-refractivity contribution in [2.45, 2.75) is 25.6 Å². The van der Waals surface area contributed by atoms with Crippen LogP contribution < -0.4 is 15.4 Å². The predicted molar refractivity (Wildman–Crippen MR) is 115 cm³/mol. The number of carbonyl (C=O) groups is 2. The first-order valence-electron chi connectivity index (χ1n) is 9.92. The van der Waals surface area contributed by atoms with Crippen molar-refractivity contribution >= 4 is 29.1 Å². The van der Waals surface area contributed by atoms with Crippen LogP contribution in [-0.2, 0) is 16.0 Å². The summed E-state index contributed by atoms with van der Waals surface area (Å²) in [6.45, 7) is 1.40. The van der Waals surface area contributed by atoms with Gasteiger partial charge in [-0.25, -0.2) is 0 Å². The predicted octanol–water partition coefficient (Wildman–Crippen LogP) is 3.33. The Labute approximate surface area is 188 Å². The lowest BCUT2D eigenvalue weighted by molar-refractivity contribution is -0.153. The van der Waals surface area contributed by atoms with E-state index in [1.54, 1.807) is 0 Å². The highest BCUT2D eigenvalue weighted by molar-refractivity contribution is 6.30. The Morgan fingerprint density at radius 3 is 2.56 bits per heavy atom. The van der Waals surface area contributed by atoms with E-state index >= 15 is 0 Å². The first-order chi connectivity index (χ1) is 15.0. The number of ether oxygens (including phenoxy) is 1. The molecule has 1 atom stereocenters. The van der Waals surface area contributed by atoms with Gasteiger partial charge in [0.25, 0.3) is 0 Å². The first-order valence-corrected chi connectivity index (χ1v) is 10.3. The van der Waals surface area contributed by atoms with Crippen LogP contribution in [0.15, 0.2) is 42.5 Å². The van der Waals surface area contributed by atoms with E-state index < -0.39 is 30.6 Å². The summed E-state index contributed by atoms with van der Waals surface area (Å²) in [6.07, 6.45) is -4.80. The molecule has 172 valence electrons. The number of primary amides is 1. The maximum absolute atomic E-state index is 13.0. The van der Waals surface area contributed by atoms with Crippen LogP contribution in [0.2, 0.25) is 5.02 Å². The maximum Gasteiger partial charge on any atom is 0.422 e. The average Bonchev–Trinajstić information content (AvgIpc) is 2.72. The summed E-state index contributed by atoms with van der Waals surface area (Å²) < 4.78 is 42.6. The van der Waals surface area contributed by atoms with E-state index in [-0.39, 0.29) is 35.8 Å². The minimum Gasteiger partial charge on any atom is -0.484 e. The van der Waals surface area contributed by atoms with Gasteiger partial charge in [0, 0.05) is 35.9 Å². The molecule has 2 aromatic carbocycles. The minimum absolute atomic E-state index is 0.0887. The lowest BCUT2D eigenvalue weighted by Gasteiger charge is -2.41. The second kappa shape index (κ2) is 9.68. The highest BCUT2D eigenvalue weighted by Gasteiger charge is 2.35. The molecule has 1 fully saturated rings. The van der Waals surface area contributed by atoms with Crippen LogP contribution in [0.5, 0.6) is 5.75 Å². The molecule has 1 heterocycles. The summed E-state index contributed by atoms with van der Waals surface area (Å²) >= 11 is 5.97. The number of halogens is 4. The zero-order valence-electron chi connectivity index (χ0n) is 17.4. The number of alkyl halides is 3. The van der Waals surface area contributed by atoms with Crippen LogP contribution in [0.3, 0.4) is 0 Å². The number of rotatable bonds is 6. The van der Waals surface area contributed by atoms with Gasteiger partial charge in [0.15, 0.2) is 6.61 Å². The topological polar surface area (TPSA) is 75.9 Å². The van der Waals surface area contributed by atoms with Gasteiger partial charge in [-0.1, -0.05) is 29.8 Å². The molecular formula is C22H23ClF3N3O3. The Kier molecular flexibility index (Phi) is 7.18. The monoisotopic (exact) mass is 469 g/mol. The summed E-state index contributed by atoms with van der Waals surface area (Å²) in [5, 5.41) is 0.253. The van der Waals surface area contributed by atoms with Gasteiger partial charge in [-0.3, -0.25) is 9.59 Å². The number of carbonyl (C=O) groups excluding carboxylic acids is 2. The normalized spacial score (nSPS) is 16.7. The van der Waals surface area contributed by atoms with E-state index in [1.807, 2.05) is 36.1 Å². The van der Waals surface area contributed by atoms with Gasteiger partial charge in [-0.2, -0.15) is 13.2 Å². The largest absolute Gasteiger partial charge is 0.484 e. The molecule has 2 N–H and O–H groups in total. The number of benzene rings is 2. The number of aryl methyl sites for hydroxylation is 1. The molecule has 6 nitrogen and oxygen atoms in total. The summed E-state index contributed by atoms with van der Waals surface area (Å²) in [4.78, 5) is 28.5. The molecule has 0 aliphatic carbocycles. The number of anilines is 1. The molecule has 0 aromatic heterocycles. The van der Waals surface area contributed by atoms with Crippen LogP contribution in [0.1, 0.15) is 11.1 Å². The second-order valence-corrected chi connectivity index (χ2v) is 8.01. The van der Waals surface area contributed by atoms with Crippen molar-refractivity contribution in [1.82, 2.24) is 4.90 Å². The molecular weight excluding hydrogens is 447 g/mol. The molecule has 2 aromatic rings. The number of piperazine rings is 1. The van der Waals surface area contributed by atoms with Crippen LogP contribution in [0.25, 0.3) is 0 Å². The van der Waals surface area contributed by atoms with Gasteiger partial charge in [0.2, 0.25) is 11.8 Å². The Morgan fingerprint density at radius 2 is 1.91 bits per heavy atom. The number of hydrogen-bond acceptors (Lipinski definition) is 4. The van der Waals surface area contributed by atoms with E-state index in [4.69, 9.17) is 22.1 Å². The van der Waals surface area contributed by atoms with Crippen molar-refractivity contribution in [3.05, 3.63) is 58.6 Å². The highest BCUT2D eigenvalue weighted by Crippen LogP contribution is 2.28. The van der Waals surface area contributed by atoms with Gasteiger partial charge in [-0.05, 0) is 36.8 Å². The highest BCUT2D eigenvalue weighted by atomic mass is 35.5. The van der Waals surface area contributed by atoms with Crippen LogP contribution in [-0.4, -0.2) is 55.2 Å². The maximum atomic E-state index is 13.0. The van der Waals surface area contributed by atoms with Gasteiger partial charge in [0.05, 0.1) is 6.42 Å². The summed E-state index contributed by atoms with van der Waals surface area (Å²) in [7, 11) is 0. The molecule has 1 saturated heterocycles. The lowest BCUT2D eigenvalue weighted by atomic mass is 10.1. The smallest absolute Gasteiger partial charge is 0.422 e. The Morgan fingerprint density at radius 1 is 1.19 bits per heavy atom. The molecule has 2 amide bonds. The average molecular weight is 470 g/mol. The van der Waals surface area contributed by atoms with E-state index in [0.717, 1.165) is 11.3 Å². The van der Waals surface area contributed by atoms with Crippen molar-refractivity contribution in [3.8, 4) is 5.75 Å². The fourth-order valence-electron chi connectivity index (χ4n) is 3.71. The molecule has 0 saturated carbocycles. The van der Waals surface area contributed by atoms with E-state index in [2.05, 4.69) is 0 Å². The van der Waals surface area contributed by atoms with Crippen molar-refractivity contribution < 1.29 is 27.5 Å².